The second kappa shape index (κ2) is 7.13. The Kier molecular flexibility index (Phi) is 4.92. The lowest BCUT2D eigenvalue weighted by molar-refractivity contribution is -0.119. The first-order valence-corrected chi connectivity index (χ1v) is 8.54. The monoisotopic (exact) mass is 344 g/mol. The van der Waals surface area contributed by atoms with Crippen molar-refractivity contribution in [3.05, 3.63) is 29.8 Å². The summed E-state index contributed by atoms with van der Waals surface area (Å²) in [5.74, 6) is 3.13. The number of benzene rings is 1. The zero-order valence-electron chi connectivity index (χ0n) is 15.1. The van der Waals surface area contributed by atoms with Crippen LogP contribution in [0.25, 0.3) is 5.69 Å². The van der Waals surface area contributed by atoms with Crippen molar-refractivity contribution in [1.82, 2.24) is 20.1 Å². The van der Waals surface area contributed by atoms with Crippen molar-refractivity contribution < 1.29 is 14.3 Å². The Hall–Kier alpha value is -2.57. The van der Waals surface area contributed by atoms with Gasteiger partial charge in [0.25, 0.3) is 0 Å². The molecule has 0 unspecified atom stereocenters. The molecule has 1 atom stereocenters. The van der Waals surface area contributed by atoms with Gasteiger partial charge in [0.1, 0.15) is 19.0 Å². The highest BCUT2D eigenvalue weighted by atomic mass is 16.6. The first-order chi connectivity index (χ1) is 11.9. The van der Waals surface area contributed by atoms with Crippen LogP contribution in [0.5, 0.6) is 11.5 Å². The molecule has 1 aromatic carbocycles. The molecule has 1 aliphatic heterocycles. The molecule has 0 spiro atoms. The molecule has 134 valence electrons. The normalized spacial score (nSPS) is 14.4. The van der Waals surface area contributed by atoms with Crippen LogP contribution in [0.1, 0.15) is 44.9 Å². The van der Waals surface area contributed by atoms with Crippen molar-refractivity contribution in [3.8, 4) is 17.2 Å². The van der Waals surface area contributed by atoms with Crippen LogP contribution in [-0.4, -0.2) is 33.9 Å². The number of aryl methyl sites for hydroxylation is 1. The summed E-state index contributed by atoms with van der Waals surface area (Å²) in [6.45, 7) is 8.68. The summed E-state index contributed by atoms with van der Waals surface area (Å²) >= 11 is 0. The smallest absolute Gasteiger partial charge is 0.217 e. The Balaban J connectivity index is 2.00. The summed E-state index contributed by atoms with van der Waals surface area (Å²) in [6.07, 6.45) is 0.780. The van der Waals surface area contributed by atoms with Crippen LogP contribution in [0, 0.1) is 12.8 Å². The van der Waals surface area contributed by atoms with Gasteiger partial charge < -0.3 is 14.8 Å². The molecule has 0 aliphatic carbocycles. The van der Waals surface area contributed by atoms with E-state index in [0.29, 0.717) is 30.7 Å². The summed E-state index contributed by atoms with van der Waals surface area (Å²) in [5.41, 5.74) is 0.832. The van der Waals surface area contributed by atoms with E-state index in [9.17, 15) is 4.79 Å². The molecule has 1 aromatic heterocycles. The summed E-state index contributed by atoms with van der Waals surface area (Å²) in [4.78, 5) is 16.2. The number of amides is 1. The molecule has 7 nitrogen and oxygen atoms in total. The van der Waals surface area contributed by atoms with Gasteiger partial charge in [0.05, 0.1) is 11.7 Å². The predicted molar refractivity (Wildman–Crippen MR) is 93.1 cm³/mol. The molecular weight excluding hydrogens is 320 g/mol. The summed E-state index contributed by atoms with van der Waals surface area (Å²) < 4.78 is 13.0. The third-order valence-electron chi connectivity index (χ3n) is 3.90. The number of rotatable bonds is 5. The number of nitrogens with one attached hydrogen (secondary N) is 1. The van der Waals surface area contributed by atoms with E-state index in [1.807, 2.05) is 25.1 Å². The zero-order valence-corrected chi connectivity index (χ0v) is 15.1. The Morgan fingerprint density at radius 3 is 2.68 bits per heavy atom. The number of carbonyl (C=O) groups excluding carboxylic acids is 1. The van der Waals surface area contributed by atoms with Gasteiger partial charge in [-0.2, -0.15) is 5.10 Å². The van der Waals surface area contributed by atoms with Crippen molar-refractivity contribution in [2.45, 2.75) is 40.2 Å². The molecule has 7 heteroatoms. The van der Waals surface area contributed by atoms with Gasteiger partial charge in [0.15, 0.2) is 17.3 Å². The molecule has 0 saturated heterocycles. The SMILES string of the molecule is CC(=O)N[C@@H](CC(C)C)c1nc(C)nn1-c1ccc2c(c1)OCCO2. The minimum Gasteiger partial charge on any atom is -0.486 e. The van der Waals surface area contributed by atoms with Gasteiger partial charge >= 0.3 is 0 Å². The molecule has 1 amide bonds. The maximum atomic E-state index is 11.7. The van der Waals surface area contributed by atoms with Crippen LogP contribution in [0.3, 0.4) is 0 Å². The molecular formula is C18H24N4O3. The predicted octanol–water partition coefficient (Wildman–Crippen LogP) is 2.57. The average Bonchev–Trinajstić information content (AvgIpc) is 2.95. The van der Waals surface area contributed by atoms with E-state index in [-0.39, 0.29) is 11.9 Å². The fraction of sp³-hybridized carbons (Fsp3) is 0.500. The number of ether oxygens (including phenoxy) is 2. The molecule has 3 rings (SSSR count). The van der Waals surface area contributed by atoms with Crippen molar-refractivity contribution in [3.63, 3.8) is 0 Å². The van der Waals surface area contributed by atoms with Crippen molar-refractivity contribution in [2.24, 2.45) is 5.92 Å². The first-order valence-electron chi connectivity index (χ1n) is 8.54. The van der Waals surface area contributed by atoms with Crippen LogP contribution < -0.4 is 14.8 Å². The number of hydrogen-bond acceptors (Lipinski definition) is 5. The third-order valence-corrected chi connectivity index (χ3v) is 3.90. The molecule has 0 radical (unpaired) electrons. The molecule has 2 heterocycles. The van der Waals surface area contributed by atoms with Gasteiger partial charge in [0, 0.05) is 13.0 Å². The zero-order chi connectivity index (χ0) is 18.0. The van der Waals surface area contributed by atoms with E-state index in [0.717, 1.165) is 23.7 Å². The number of carbonyl (C=O) groups is 1. The highest BCUT2D eigenvalue weighted by Gasteiger charge is 2.23. The lowest BCUT2D eigenvalue weighted by Gasteiger charge is -2.21. The van der Waals surface area contributed by atoms with Gasteiger partial charge in [-0.25, -0.2) is 9.67 Å². The van der Waals surface area contributed by atoms with Crippen LogP contribution in [0.2, 0.25) is 0 Å². The van der Waals surface area contributed by atoms with Crippen LogP contribution in [0.4, 0.5) is 0 Å². The quantitative estimate of drug-likeness (QED) is 0.902. The van der Waals surface area contributed by atoms with E-state index >= 15 is 0 Å². The summed E-state index contributed by atoms with van der Waals surface area (Å²) in [5, 5.41) is 7.52. The molecule has 1 aliphatic rings. The van der Waals surface area contributed by atoms with Crippen molar-refractivity contribution in [1.29, 1.82) is 0 Å². The van der Waals surface area contributed by atoms with Crippen LogP contribution in [-0.2, 0) is 4.79 Å². The van der Waals surface area contributed by atoms with Gasteiger partial charge in [0.2, 0.25) is 5.91 Å². The van der Waals surface area contributed by atoms with E-state index in [1.54, 1.807) is 4.68 Å². The van der Waals surface area contributed by atoms with Crippen molar-refractivity contribution >= 4 is 5.91 Å². The van der Waals surface area contributed by atoms with E-state index < -0.39 is 0 Å². The lowest BCUT2D eigenvalue weighted by atomic mass is 10.0. The Morgan fingerprint density at radius 1 is 1.28 bits per heavy atom. The number of aromatic nitrogens is 3. The van der Waals surface area contributed by atoms with Gasteiger partial charge in [-0.3, -0.25) is 4.79 Å². The molecule has 0 bridgehead atoms. The lowest BCUT2D eigenvalue weighted by Crippen LogP contribution is -2.29. The minimum atomic E-state index is -0.202. The first kappa shape index (κ1) is 17.3. The molecule has 25 heavy (non-hydrogen) atoms. The second-order valence-corrected chi connectivity index (χ2v) is 6.64. The highest BCUT2D eigenvalue weighted by Crippen LogP contribution is 2.33. The maximum absolute atomic E-state index is 11.7. The molecule has 0 saturated carbocycles. The van der Waals surface area contributed by atoms with E-state index in [1.165, 1.54) is 6.92 Å². The average molecular weight is 344 g/mol. The number of nitrogens with zero attached hydrogens (tertiary/aromatic N) is 3. The van der Waals surface area contributed by atoms with E-state index in [2.05, 4.69) is 29.2 Å². The van der Waals surface area contributed by atoms with Crippen LogP contribution in [0.15, 0.2) is 18.2 Å². The van der Waals surface area contributed by atoms with Gasteiger partial charge in [-0.05, 0) is 31.4 Å². The fourth-order valence-electron chi connectivity index (χ4n) is 2.96. The topological polar surface area (TPSA) is 78.3 Å². The molecule has 0 fully saturated rings. The second-order valence-electron chi connectivity index (χ2n) is 6.64. The summed E-state index contributed by atoms with van der Waals surface area (Å²) in [7, 11) is 0. The standard InChI is InChI=1S/C18H24N4O3/c1-11(2)9-15(20-13(4)23)18-19-12(3)21-22(18)14-5-6-16-17(10-14)25-8-7-24-16/h5-6,10-11,15H,7-9H2,1-4H3,(H,20,23)/t15-/m0/s1. The molecule has 2 aromatic rings. The fourth-order valence-corrected chi connectivity index (χ4v) is 2.96. The Labute approximate surface area is 147 Å². The number of hydrogen-bond donors (Lipinski definition) is 1. The Bertz CT molecular complexity index is 770. The maximum Gasteiger partial charge on any atom is 0.217 e. The third kappa shape index (κ3) is 3.92. The Morgan fingerprint density at radius 2 is 2.00 bits per heavy atom. The number of fused-ring (bicyclic) bond motifs is 1. The summed E-state index contributed by atoms with van der Waals surface area (Å²) in [6, 6.07) is 5.49. The van der Waals surface area contributed by atoms with Gasteiger partial charge in [-0.15, -0.1) is 0 Å². The highest BCUT2D eigenvalue weighted by molar-refractivity contribution is 5.73. The van der Waals surface area contributed by atoms with Gasteiger partial charge in [-0.1, -0.05) is 13.8 Å². The minimum absolute atomic E-state index is 0.0833. The van der Waals surface area contributed by atoms with Crippen molar-refractivity contribution in [2.75, 3.05) is 13.2 Å². The largest absolute Gasteiger partial charge is 0.486 e. The molecule has 1 N–H and O–H groups in total. The van der Waals surface area contributed by atoms with Crippen LogP contribution >= 0.6 is 0 Å². The van der Waals surface area contributed by atoms with E-state index in [4.69, 9.17) is 9.47 Å².